The van der Waals surface area contributed by atoms with Crippen LogP contribution in [0, 0.1) is 19.7 Å². The summed E-state index contributed by atoms with van der Waals surface area (Å²) < 4.78 is 54.7. The van der Waals surface area contributed by atoms with E-state index in [0.717, 1.165) is 18.2 Å². The first-order valence-electron chi connectivity index (χ1n) is 8.21. The second-order valence-electron chi connectivity index (χ2n) is 6.21. The molecule has 3 nitrogen and oxygen atoms in total. The molecule has 8 heteroatoms. The summed E-state index contributed by atoms with van der Waals surface area (Å²) in [5.74, 6) is -1.11. The Bertz CT molecular complexity index is 1060. The van der Waals surface area contributed by atoms with Gasteiger partial charge in [0.2, 0.25) is 0 Å². The van der Waals surface area contributed by atoms with E-state index in [1.165, 1.54) is 34.9 Å². The van der Waals surface area contributed by atoms with Crippen molar-refractivity contribution in [2.24, 2.45) is 0 Å². The Kier molecular flexibility index (Phi) is 5.21. The predicted octanol–water partition coefficient (Wildman–Crippen LogP) is 6.16. The van der Waals surface area contributed by atoms with E-state index >= 15 is 0 Å². The Morgan fingerprint density at radius 3 is 2.39 bits per heavy atom. The summed E-state index contributed by atoms with van der Waals surface area (Å²) >= 11 is 5.92. The molecule has 0 fully saturated rings. The Hall–Kier alpha value is -2.80. The van der Waals surface area contributed by atoms with E-state index in [-0.39, 0.29) is 22.0 Å². The van der Waals surface area contributed by atoms with Gasteiger partial charge in [0.25, 0.3) is 5.91 Å². The summed E-state index contributed by atoms with van der Waals surface area (Å²) in [4.78, 5) is 12.7. The SMILES string of the molecule is Cc1cc(C(=O)Nc2ccc(F)cc2Cl)c(C)n1-c1ccccc1C(F)(F)F. The molecule has 146 valence electrons. The molecule has 1 amide bonds. The number of benzene rings is 2. The fraction of sp³-hybridized carbons (Fsp3) is 0.150. The number of nitrogens with one attached hydrogen (secondary N) is 1. The number of amides is 1. The Balaban J connectivity index is 2.03. The van der Waals surface area contributed by atoms with Crippen molar-refractivity contribution in [3.8, 4) is 5.69 Å². The van der Waals surface area contributed by atoms with Crippen LogP contribution < -0.4 is 5.32 Å². The number of anilines is 1. The first kappa shape index (κ1) is 19.9. The lowest BCUT2D eigenvalue weighted by molar-refractivity contribution is -0.137. The third kappa shape index (κ3) is 3.75. The highest BCUT2D eigenvalue weighted by Gasteiger charge is 2.34. The molecule has 1 aromatic heterocycles. The summed E-state index contributed by atoms with van der Waals surface area (Å²) in [6.07, 6.45) is -4.54. The van der Waals surface area contributed by atoms with E-state index < -0.39 is 23.5 Å². The standard InChI is InChI=1S/C20H15ClF4N2O/c1-11-9-14(19(28)26-17-8-7-13(22)10-16(17)21)12(2)27(11)18-6-4-3-5-15(18)20(23,24)25/h3-10H,1-2H3,(H,26,28). The summed E-state index contributed by atoms with van der Waals surface area (Å²) in [6.45, 7) is 3.17. The van der Waals surface area contributed by atoms with E-state index in [1.54, 1.807) is 13.8 Å². The van der Waals surface area contributed by atoms with Crippen molar-refractivity contribution < 1.29 is 22.4 Å². The lowest BCUT2D eigenvalue weighted by Gasteiger charge is -2.17. The van der Waals surface area contributed by atoms with Gasteiger partial charge in [0, 0.05) is 11.4 Å². The maximum Gasteiger partial charge on any atom is 0.418 e. The maximum atomic E-state index is 13.4. The van der Waals surface area contributed by atoms with E-state index in [0.29, 0.717) is 11.4 Å². The van der Waals surface area contributed by atoms with Crippen LogP contribution in [0.2, 0.25) is 5.02 Å². The molecule has 0 saturated carbocycles. The van der Waals surface area contributed by atoms with Crippen LogP contribution in [0.4, 0.5) is 23.2 Å². The largest absolute Gasteiger partial charge is 0.418 e. The molecule has 1 heterocycles. The highest BCUT2D eigenvalue weighted by Crippen LogP contribution is 2.35. The van der Waals surface area contributed by atoms with Gasteiger partial charge in [-0.05, 0) is 50.2 Å². The minimum atomic E-state index is -4.54. The van der Waals surface area contributed by atoms with Crippen LogP contribution in [0.25, 0.3) is 5.69 Å². The number of nitrogens with zero attached hydrogens (tertiary/aromatic N) is 1. The van der Waals surface area contributed by atoms with E-state index in [9.17, 15) is 22.4 Å². The lowest BCUT2D eigenvalue weighted by Crippen LogP contribution is -2.15. The zero-order valence-electron chi connectivity index (χ0n) is 14.9. The van der Waals surface area contributed by atoms with Gasteiger partial charge in [-0.3, -0.25) is 4.79 Å². The highest BCUT2D eigenvalue weighted by atomic mass is 35.5. The van der Waals surface area contributed by atoms with E-state index in [2.05, 4.69) is 5.32 Å². The molecule has 0 spiro atoms. The second kappa shape index (κ2) is 7.31. The monoisotopic (exact) mass is 410 g/mol. The van der Waals surface area contributed by atoms with Gasteiger partial charge < -0.3 is 9.88 Å². The lowest BCUT2D eigenvalue weighted by atomic mass is 10.1. The van der Waals surface area contributed by atoms with Crippen molar-refractivity contribution in [1.82, 2.24) is 4.57 Å². The fourth-order valence-electron chi connectivity index (χ4n) is 3.05. The van der Waals surface area contributed by atoms with Gasteiger partial charge in [-0.2, -0.15) is 13.2 Å². The average Bonchev–Trinajstić information content (AvgIpc) is 2.91. The maximum absolute atomic E-state index is 13.4. The normalized spacial score (nSPS) is 11.5. The topological polar surface area (TPSA) is 34.0 Å². The van der Waals surface area contributed by atoms with Gasteiger partial charge in [-0.25, -0.2) is 4.39 Å². The highest BCUT2D eigenvalue weighted by molar-refractivity contribution is 6.33. The summed E-state index contributed by atoms with van der Waals surface area (Å²) in [7, 11) is 0. The van der Waals surface area contributed by atoms with Crippen molar-refractivity contribution in [1.29, 1.82) is 0 Å². The summed E-state index contributed by atoms with van der Waals surface area (Å²) in [5.41, 5.74) is 0.326. The number of carbonyl (C=O) groups is 1. The molecule has 1 N–H and O–H groups in total. The molecule has 0 saturated heterocycles. The van der Waals surface area contributed by atoms with Crippen molar-refractivity contribution in [2.45, 2.75) is 20.0 Å². The number of carbonyl (C=O) groups excluding carboxylic acids is 1. The number of halogens is 5. The Morgan fingerprint density at radius 1 is 1.07 bits per heavy atom. The molecular weight excluding hydrogens is 396 g/mol. The van der Waals surface area contributed by atoms with Gasteiger partial charge in [0.1, 0.15) is 5.82 Å². The number of aryl methyl sites for hydroxylation is 1. The molecule has 0 atom stereocenters. The first-order chi connectivity index (χ1) is 13.1. The number of rotatable bonds is 3. The van der Waals surface area contributed by atoms with E-state index in [4.69, 9.17) is 11.6 Å². The predicted molar refractivity (Wildman–Crippen MR) is 99.6 cm³/mol. The van der Waals surface area contributed by atoms with Crippen LogP contribution in [0.3, 0.4) is 0 Å². The zero-order valence-corrected chi connectivity index (χ0v) is 15.6. The summed E-state index contributed by atoms with van der Waals surface area (Å²) in [6, 6.07) is 10.2. The molecule has 3 aromatic rings. The number of aromatic nitrogens is 1. The molecule has 2 aromatic carbocycles. The Labute approximate surface area is 163 Å². The van der Waals surface area contributed by atoms with E-state index in [1.807, 2.05) is 0 Å². The van der Waals surface area contributed by atoms with Crippen LogP contribution in [0.1, 0.15) is 27.3 Å². The van der Waals surface area contributed by atoms with Crippen molar-refractivity contribution in [3.05, 3.63) is 81.9 Å². The number of hydrogen-bond donors (Lipinski definition) is 1. The zero-order chi connectivity index (χ0) is 20.6. The van der Waals surface area contributed by atoms with Crippen LogP contribution in [-0.2, 0) is 6.18 Å². The molecule has 0 bridgehead atoms. The van der Waals surface area contributed by atoms with Gasteiger partial charge in [0.15, 0.2) is 0 Å². The third-order valence-corrected chi connectivity index (χ3v) is 4.62. The van der Waals surface area contributed by atoms with Crippen LogP contribution in [0.5, 0.6) is 0 Å². The van der Waals surface area contributed by atoms with Gasteiger partial charge in [-0.15, -0.1) is 0 Å². The first-order valence-corrected chi connectivity index (χ1v) is 8.59. The molecule has 28 heavy (non-hydrogen) atoms. The number of para-hydroxylation sites is 1. The molecule has 0 radical (unpaired) electrons. The molecular formula is C20H15ClF4N2O. The number of alkyl halides is 3. The smallest absolute Gasteiger partial charge is 0.321 e. The average molecular weight is 411 g/mol. The molecule has 0 aliphatic rings. The number of hydrogen-bond acceptors (Lipinski definition) is 1. The fourth-order valence-corrected chi connectivity index (χ4v) is 3.27. The molecule has 0 unspecified atom stereocenters. The van der Waals surface area contributed by atoms with Crippen molar-refractivity contribution >= 4 is 23.2 Å². The van der Waals surface area contributed by atoms with Gasteiger partial charge >= 0.3 is 6.18 Å². The minimum absolute atomic E-state index is 0.0181. The van der Waals surface area contributed by atoms with Crippen LogP contribution in [-0.4, -0.2) is 10.5 Å². The third-order valence-electron chi connectivity index (χ3n) is 4.31. The van der Waals surface area contributed by atoms with Crippen molar-refractivity contribution in [3.63, 3.8) is 0 Å². The second-order valence-corrected chi connectivity index (χ2v) is 6.62. The van der Waals surface area contributed by atoms with Crippen molar-refractivity contribution in [2.75, 3.05) is 5.32 Å². The quantitative estimate of drug-likeness (QED) is 0.516. The van der Waals surface area contributed by atoms with Gasteiger partial charge in [-0.1, -0.05) is 23.7 Å². The van der Waals surface area contributed by atoms with Gasteiger partial charge in [0.05, 0.1) is 27.5 Å². The van der Waals surface area contributed by atoms with Crippen LogP contribution in [0.15, 0.2) is 48.5 Å². The molecule has 0 aliphatic heterocycles. The Morgan fingerprint density at radius 2 is 1.75 bits per heavy atom. The minimum Gasteiger partial charge on any atom is -0.321 e. The molecule has 3 rings (SSSR count). The summed E-state index contributed by atoms with van der Waals surface area (Å²) in [5, 5.41) is 2.58. The van der Waals surface area contributed by atoms with Crippen LogP contribution >= 0.6 is 11.6 Å². The molecule has 0 aliphatic carbocycles.